The lowest BCUT2D eigenvalue weighted by molar-refractivity contribution is 0.296. The molecule has 96 valence electrons. The van der Waals surface area contributed by atoms with Gasteiger partial charge in [-0.15, -0.1) is 0 Å². The smallest absolute Gasteiger partial charge is 0.208 e. The van der Waals surface area contributed by atoms with Gasteiger partial charge in [-0.3, -0.25) is 0 Å². The number of nitrogens with one attached hydrogen (secondary N) is 1. The van der Waals surface area contributed by atoms with E-state index in [1.54, 1.807) is 0 Å². The van der Waals surface area contributed by atoms with Gasteiger partial charge in [0.15, 0.2) is 16.6 Å². The Kier molecular flexibility index (Phi) is 4.72. The molecule has 0 radical (unpaired) electrons. The Morgan fingerprint density at radius 3 is 2.94 bits per heavy atom. The first-order chi connectivity index (χ1) is 7.94. The second kappa shape index (κ2) is 5.84. The number of hydrogen-bond acceptors (Lipinski definition) is 8. The Bertz CT molecular complexity index is 496. The van der Waals surface area contributed by atoms with Gasteiger partial charge in [-0.2, -0.15) is 0 Å². The predicted octanol–water partition coefficient (Wildman–Crippen LogP) is -1.19. The van der Waals surface area contributed by atoms with E-state index in [0.29, 0.717) is 10.8 Å². The number of nitrogens with zero attached hydrogens (tertiary/aromatic N) is 3. The van der Waals surface area contributed by atoms with Crippen molar-refractivity contribution < 1.29 is 18.3 Å². The number of hydrogen-bond donors (Lipinski definition) is 3. The summed E-state index contributed by atoms with van der Waals surface area (Å²) >= 11 is 1.17. The molecule has 0 fully saturated rings. The Balaban J connectivity index is 2.50. The Morgan fingerprint density at radius 1 is 1.65 bits per heavy atom. The van der Waals surface area contributed by atoms with Crippen LogP contribution in [0, 0.1) is 0 Å². The van der Waals surface area contributed by atoms with Crippen LogP contribution < -0.4 is 10.5 Å². The number of sulfonamides is 1. The van der Waals surface area contributed by atoms with E-state index in [9.17, 15) is 8.42 Å². The molecule has 1 aromatic rings. The third kappa shape index (κ3) is 4.58. The predicted molar refractivity (Wildman–Crippen MR) is 60.4 cm³/mol. The van der Waals surface area contributed by atoms with Crippen LogP contribution in [0.4, 0.5) is 0 Å². The van der Waals surface area contributed by atoms with Crippen LogP contribution in [0.3, 0.4) is 0 Å². The van der Waals surface area contributed by atoms with E-state index >= 15 is 0 Å². The first kappa shape index (κ1) is 13.7. The Labute approximate surface area is 101 Å². The number of amidine groups is 1. The van der Waals surface area contributed by atoms with Crippen LogP contribution in [0.2, 0.25) is 0 Å². The molecule has 0 aliphatic rings. The zero-order valence-corrected chi connectivity index (χ0v) is 10.5. The summed E-state index contributed by atoms with van der Waals surface area (Å²) < 4.78 is 28.3. The molecule has 0 aliphatic heterocycles. The minimum Gasteiger partial charge on any atom is -0.409 e. The summed E-state index contributed by atoms with van der Waals surface area (Å²) in [5.74, 6) is 0.192. The first-order valence-electron chi connectivity index (χ1n) is 4.32. The van der Waals surface area contributed by atoms with E-state index in [1.807, 2.05) is 0 Å². The highest BCUT2D eigenvalue weighted by atomic mass is 32.2. The van der Waals surface area contributed by atoms with E-state index in [-0.39, 0.29) is 18.1 Å². The molecule has 0 unspecified atom stereocenters. The van der Waals surface area contributed by atoms with Gasteiger partial charge in [-0.05, 0) is 10.3 Å². The van der Waals surface area contributed by atoms with Crippen LogP contribution in [0.5, 0.6) is 0 Å². The maximum absolute atomic E-state index is 10.8. The Hall–Kier alpha value is -1.33. The van der Waals surface area contributed by atoms with Crippen LogP contribution in [0.25, 0.3) is 0 Å². The quantitative estimate of drug-likeness (QED) is 0.147. The highest BCUT2D eigenvalue weighted by Gasteiger charge is 2.14. The van der Waals surface area contributed by atoms with Crippen molar-refractivity contribution in [2.75, 3.05) is 18.6 Å². The molecular formula is C6H11N5O4S2. The van der Waals surface area contributed by atoms with Gasteiger partial charge in [0.25, 0.3) is 0 Å². The standard InChI is InChI=1S/C6H11N5O4S2/c1-17(13,14)8-2-3-16-6-4(5(7)9-12)10-15-11-6/h8,12H,2-3H2,1H3,(H2,7,9). The highest BCUT2D eigenvalue weighted by molar-refractivity contribution is 7.99. The van der Waals surface area contributed by atoms with E-state index in [4.69, 9.17) is 10.9 Å². The van der Waals surface area contributed by atoms with Gasteiger partial charge < -0.3 is 10.9 Å². The summed E-state index contributed by atoms with van der Waals surface area (Å²) in [6.45, 7) is 0.228. The fourth-order valence-electron chi connectivity index (χ4n) is 0.854. The van der Waals surface area contributed by atoms with Gasteiger partial charge in [0.1, 0.15) is 0 Å². The van der Waals surface area contributed by atoms with E-state index in [0.717, 1.165) is 6.26 Å². The van der Waals surface area contributed by atoms with Crippen LogP contribution in [0.15, 0.2) is 14.8 Å². The lowest BCUT2D eigenvalue weighted by Crippen LogP contribution is -2.24. The molecule has 1 heterocycles. The van der Waals surface area contributed by atoms with Gasteiger partial charge >= 0.3 is 0 Å². The largest absolute Gasteiger partial charge is 0.409 e. The van der Waals surface area contributed by atoms with Gasteiger partial charge in [-0.25, -0.2) is 17.8 Å². The van der Waals surface area contributed by atoms with Crippen molar-refractivity contribution in [2.45, 2.75) is 5.03 Å². The number of rotatable bonds is 6. The molecule has 0 spiro atoms. The molecule has 0 aliphatic carbocycles. The Morgan fingerprint density at radius 2 is 2.35 bits per heavy atom. The minimum absolute atomic E-state index is 0.122. The maximum atomic E-state index is 10.8. The van der Waals surface area contributed by atoms with Crippen LogP contribution in [0.1, 0.15) is 5.69 Å². The van der Waals surface area contributed by atoms with Crippen molar-refractivity contribution in [3.8, 4) is 0 Å². The van der Waals surface area contributed by atoms with Crippen molar-refractivity contribution >= 4 is 27.6 Å². The molecule has 0 atom stereocenters. The molecule has 0 amide bonds. The van der Waals surface area contributed by atoms with Crippen molar-refractivity contribution in [2.24, 2.45) is 10.9 Å². The van der Waals surface area contributed by atoms with Gasteiger partial charge in [0, 0.05) is 12.3 Å². The zero-order valence-electron chi connectivity index (χ0n) is 8.82. The normalized spacial score (nSPS) is 12.9. The summed E-state index contributed by atoms with van der Waals surface area (Å²) in [7, 11) is -3.21. The zero-order chi connectivity index (χ0) is 12.9. The molecule has 0 aromatic carbocycles. The van der Waals surface area contributed by atoms with Crippen LogP contribution in [-0.4, -0.2) is 48.3 Å². The molecule has 11 heteroatoms. The molecule has 1 rings (SSSR count). The monoisotopic (exact) mass is 281 g/mol. The topological polar surface area (TPSA) is 144 Å². The molecular weight excluding hydrogens is 270 g/mol. The third-order valence-electron chi connectivity index (χ3n) is 1.51. The first-order valence-corrected chi connectivity index (χ1v) is 7.19. The number of thioether (sulfide) groups is 1. The van der Waals surface area contributed by atoms with Gasteiger partial charge in [-0.1, -0.05) is 16.9 Å². The van der Waals surface area contributed by atoms with Gasteiger partial charge in [0.05, 0.1) is 6.26 Å². The van der Waals surface area contributed by atoms with Gasteiger partial charge in [0.2, 0.25) is 10.0 Å². The second-order valence-corrected chi connectivity index (χ2v) is 5.83. The average Bonchev–Trinajstić information content (AvgIpc) is 2.70. The van der Waals surface area contributed by atoms with Crippen molar-refractivity contribution in [3.05, 3.63) is 5.69 Å². The molecule has 17 heavy (non-hydrogen) atoms. The van der Waals surface area contributed by atoms with E-state index < -0.39 is 10.0 Å². The molecule has 0 saturated heterocycles. The summed E-state index contributed by atoms with van der Waals surface area (Å²) in [6, 6.07) is 0. The second-order valence-electron chi connectivity index (χ2n) is 2.92. The van der Waals surface area contributed by atoms with Crippen LogP contribution in [-0.2, 0) is 10.0 Å². The molecule has 4 N–H and O–H groups in total. The van der Waals surface area contributed by atoms with Crippen molar-refractivity contribution in [3.63, 3.8) is 0 Å². The van der Waals surface area contributed by atoms with Crippen molar-refractivity contribution in [1.82, 2.24) is 15.0 Å². The lowest BCUT2D eigenvalue weighted by Gasteiger charge is -2.00. The number of oxime groups is 1. The molecule has 9 nitrogen and oxygen atoms in total. The fraction of sp³-hybridized carbons (Fsp3) is 0.500. The van der Waals surface area contributed by atoms with Crippen molar-refractivity contribution in [1.29, 1.82) is 0 Å². The maximum Gasteiger partial charge on any atom is 0.208 e. The third-order valence-corrected chi connectivity index (χ3v) is 3.19. The number of aromatic nitrogens is 2. The molecule has 0 bridgehead atoms. The van der Waals surface area contributed by atoms with E-state index in [1.165, 1.54) is 11.8 Å². The summed E-state index contributed by atoms with van der Waals surface area (Å²) in [5.41, 5.74) is 5.45. The minimum atomic E-state index is -3.21. The fourth-order valence-corrected chi connectivity index (χ4v) is 2.22. The molecule has 0 saturated carbocycles. The summed E-state index contributed by atoms with van der Waals surface area (Å²) in [4.78, 5) is 0. The number of nitrogens with two attached hydrogens (primary N) is 1. The SMILES string of the molecule is CS(=O)(=O)NCCSc1nonc1/C(N)=N/O. The molecule has 1 aromatic heterocycles. The summed E-state index contributed by atoms with van der Waals surface area (Å²) in [6.07, 6.45) is 1.07. The lowest BCUT2D eigenvalue weighted by atomic mass is 10.4. The highest BCUT2D eigenvalue weighted by Crippen LogP contribution is 2.17. The average molecular weight is 281 g/mol. The summed E-state index contributed by atoms with van der Waals surface area (Å²) in [5, 5.41) is 18.6. The van der Waals surface area contributed by atoms with E-state index in [2.05, 4.69) is 24.8 Å². The van der Waals surface area contributed by atoms with Crippen LogP contribution >= 0.6 is 11.8 Å².